The lowest BCUT2D eigenvalue weighted by atomic mass is 10.1. The van der Waals surface area contributed by atoms with E-state index in [1.165, 1.54) is 7.11 Å². The zero-order chi connectivity index (χ0) is 15.1. The maximum atomic E-state index is 11.8. The Bertz CT molecular complexity index is 479. The molecule has 2 rings (SSSR count). The fourth-order valence-electron chi connectivity index (χ4n) is 2.50. The van der Waals surface area contributed by atoms with Crippen molar-refractivity contribution in [1.29, 1.82) is 0 Å². The molecule has 0 bridgehead atoms. The van der Waals surface area contributed by atoms with Gasteiger partial charge in [-0.25, -0.2) is 4.79 Å². The van der Waals surface area contributed by atoms with E-state index < -0.39 is 0 Å². The minimum Gasteiger partial charge on any atom is -0.465 e. The van der Waals surface area contributed by atoms with E-state index in [0.717, 1.165) is 31.4 Å². The summed E-state index contributed by atoms with van der Waals surface area (Å²) in [4.78, 5) is 23.1. The molecule has 114 valence electrons. The minimum atomic E-state index is -0.334. The summed E-state index contributed by atoms with van der Waals surface area (Å²) in [5.74, 6) is -0.237. The normalized spacial score (nSPS) is 17.5. The first-order valence-corrected chi connectivity index (χ1v) is 7.36. The van der Waals surface area contributed by atoms with Crippen LogP contribution >= 0.6 is 0 Å². The van der Waals surface area contributed by atoms with Crippen molar-refractivity contribution < 1.29 is 14.3 Å². The summed E-state index contributed by atoms with van der Waals surface area (Å²) in [5.41, 5.74) is 1.62. The van der Waals surface area contributed by atoms with Crippen molar-refractivity contribution in [3.8, 4) is 0 Å². The molecular formula is C16H22N2O3. The van der Waals surface area contributed by atoms with Gasteiger partial charge in [-0.2, -0.15) is 0 Å². The van der Waals surface area contributed by atoms with Gasteiger partial charge in [-0.05, 0) is 43.5 Å². The van der Waals surface area contributed by atoms with Gasteiger partial charge in [0.05, 0.1) is 12.7 Å². The second-order valence-electron chi connectivity index (χ2n) is 5.29. The number of amides is 1. The van der Waals surface area contributed by atoms with Gasteiger partial charge < -0.3 is 15.4 Å². The number of esters is 1. The molecule has 1 aliphatic rings. The molecule has 0 saturated carbocycles. The standard InChI is InChI=1S/C16H22N2O3/c1-21-16(20)13-6-4-12(5-7-13)8-10-18-15(19)11-14-3-2-9-17-14/h4-7,14,17H,2-3,8-11H2,1H3,(H,18,19). The van der Waals surface area contributed by atoms with Crippen LogP contribution < -0.4 is 10.6 Å². The number of ether oxygens (including phenoxy) is 1. The average Bonchev–Trinajstić information content (AvgIpc) is 3.00. The quantitative estimate of drug-likeness (QED) is 0.774. The molecule has 1 saturated heterocycles. The summed E-state index contributed by atoms with van der Waals surface area (Å²) < 4.78 is 4.65. The van der Waals surface area contributed by atoms with Crippen molar-refractivity contribution >= 4 is 11.9 Å². The van der Waals surface area contributed by atoms with E-state index in [2.05, 4.69) is 15.4 Å². The minimum absolute atomic E-state index is 0.0978. The van der Waals surface area contributed by atoms with E-state index in [0.29, 0.717) is 24.6 Å². The zero-order valence-corrected chi connectivity index (χ0v) is 12.4. The number of hydrogen-bond donors (Lipinski definition) is 2. The summed E-state index contributed by atoms with van der Waals surface area (Å²) in [6.07, 6.45) is 3.56. The molecule has 0 aliphatic carbocycles. The van der Waals surface area contributed by atoms with Crippen molar-refractivity contribution in [2.75, 3.05) is 20.2 Å². The Morgan fingerprint density at radius 3 is 2.71 bits per heavy atom. The molecule has 1 heterocycles. The molecule has 1 aromatic rings. The predicted molar refractivity (Wildman–Crippen MR) is 80.1 cm³/mol. The van der Waals surface area contributed by atoms with Crippen molar-refractivity contribution in [3.05, 3.63) is 35.4 Å². The molecule has 21 heavy (non-hydrogen) atoms. The molecule has 5 heteroatoms. The van der Waals surface area contributed by atoms with Crippen LogP contribution in [0.1, 0.15) is 35.2 Å². The van der Waals surface area contributed by atoms with Gasteiger partial charge in [0.25, 0.3) is 0 Å². The Kier molecular flexibility index (Phi) is 5.75. The first-order valence-electron chi connectivity index (χ1n) is 7.36. The molecule has 0 radical (unpaired) electrons. The lowest BCUT2D eigenvalue weighted by molar-refractivity contribution is -0.121. The third-order valence-electron chi connectivity index (χ3n) is 3.71. The zero-order valence-electron chi connectivity index (χ0n) is 12.4. The molecule has 2 N–H and O–H groups in total. The van der Waals surface area contributed by atoms with Crippen LogP contribution in [0, 0.1) is 0 Å². The van der Waals surface area contributed by atoms with Crippen LogP contribution in [-0.4, -0.2) is 38.1 Å². The molecule has 1 unspecified atom stereocenters. The van der Waals surface area contributed by atoms with Crippen molar-refractivity contribution in [2.24, 2.45) is 0 Å². The number of hydrogen-bond acceptors (Lipinski definition) is 4. The number of benzene rings is 1. The summed E-state index contributed by atoms with van der Waals surface area (Å²) in [5, 5.41) is 6.25. The molecule has 5 nitrogen and oxygen atoms in total. The van der Waals surface area contributed by atoms with E-state index in [9.17, 15) is 9.59 Å². The van der Waals surface area contributed by atoms with Crippen LogP contribution in [0.3, 0.4) is 0 Å². The summed E-state index contributed by atoms with van der Waals surface area (Å²) in [6.45, 7) is 1.63. The van der Waals surface area contributed by atoms with E-state index in [1.54, 1.807) is 12.1 Å². The van der Waals surface area contributed by atoms with Gasteiger partial charge >= 0.3 is 5.97 Å². The van der Waals surface area contributed by atoms with Gasteiger partial charge in [0.1, 0.15) is 0 Å². The fourth-order valence-corrected chi connectivity index (χ4v) is 2.50. The lowest BCUT2D eigenvalue weighted by Gasteiger charge is -2.10. The summed E-state index contributed by atoms with van der Waals surface area (Å²) in [6, 6.07) is 7.59. The second kappa shape index (κ2) is 7.78. The largest absolute Gasteiger partial charge is 0.465 e. The van der Waals surface area contributed by atoms with Crippen LogP contribution in [0.2, 0.25) is 0 Å². The number of rotatable bonds is 6. The van der Waals surface area contributed by atoms with E-state index in [4.69, 9.17) is 0 Å². The highest BCUT2D eigenvalue weighted by Gasteiger charge is 2.17. The highest BCUT2D eigenvalue weighted by Crippen LogP contribution is 2.08. The Labute approximate surface area is 125 Å². The maximum absolute atomic E-state index is 11.8. The number of carbonyl (C=O) groups excluding carboxylic acids is 2. The first-order chi connectivity index (χ1) is 10.2. The Balaban J connectivity index is 1.70. The molecular weight excluding hydrogens is 268 g/mol. The predicted octanol–water partition coefficient (Wildman–Crippen LogP) is 1.27. The third-order valence-corrected chi connectivity index (χ3v) is 3.71. The van der Waals surface area contributed by atoms with Crippen LogP contribution in [0.15, 0.2) is 24.3 Å². The first kappa shape index (κ1) is 15.5. The highest BCUT2D eigenvalue weighted by molar-refractivity contribution is 5.89. The Hall–Kier alpha value is -1.88. The molecule has 1 atom stereocenters. The SMILES string of the molecule is COC(=O)c1ccc(CCNC(=O)CC2CCCN2)cc1. The number of nitrogens with one attached hydrogen (secondary N) is 2. The van der Waals surface area contributed by atoms with Gasteiger partial charge in [0.2, 0.25) is 5.91 Å². The Morgan fingerprint density at radius 1 is 1.33 bits per heavy atom. The monoisotopic (exact) mass is 290 g/mol. The summed E-state index contributed by atoms with van der Waals surface area (Å²) in [7, 11) is 1.37. The van der Waals surface area contributed by atoms with Crippen LogP contribution in [0.5, 0.6) is 0 Å². The van der Waals surface area contributed by atoms with Crippen molar-refractivity contribution in [3.63, 3.8) is 0 Å². The second-order valence-corrected chi connectivity index (χ2v) is 5.29. The van der Waals surface area contributed by atoms with Gasteiger partial charge in [-0.15, -0.1) is 0 Å². The fraction of sp³-hybridized carbons (Fsp3) is 0.500. The smallest absolute Gasteiger partial charge is 0.337 e. The van der Waals surface area contributed by atoms with Gasteiger partial charge in [-0.1, -0.05) is 12.1 Å². The Morgan fingerprint density at radius 2 is 2.10 bits per heavy atom. The van der Waals surface area contributed by atoms with Crippen molar-refractivity contribution in [2.45, 2.75) is 31.7 Å². The number of carbonyl (C=O) groups is 2. The van der Waals surface area contributed by atoms with Gasteiger partial charge in [0.15, 0.2) is 0 Å². The van der Waals surface area contributed by atoms with Gasteiger partial charge in [-0.3, -0.25) is 4.79 Å². The highest BCUT2D eigenvalue weighted by atomic mass is 16.5. The molecule has 1 aromatic carbocycles. The maximum Gasteiger partial charge on any atom is 0.337 e. The average molecular weight is 290 g/mol. The van der Waals surface area contributed by atoms with Crippen LogP contribution in [-0.2, 0) is 16.0 Å². The third kappa shape index (κ3) is 4.86. The van der Waals surface area contributed by atoms with E-state index >= 15 is 0 Å². The van der Waals surface area contributed by atoms with Crippen molar-refractivity contribution in [1.82, 2.24) is 10.6 Å². The lowest BCUT2D eigenvalue weighted by Crippen LogP contribution is -2.32. The summed E-state index contributed by atoms with van der Waals surface area (Å²) >= 11 is 0. The molecule has 0 spiro atoms. The van der Waals surface area contributed by atoms with E-state index in [-0.39, 0.29) is 11.9 Å². The molecule has 1 fully saturated rings. The van der Waals surface area contributed by atoms with Crippen LogP contribution in [0.4, 0.5) is 0 Å². The molecule has 1 amide bonds. The number of methoxy groups -OCH3 is 1. The van der Waals surface area contributed by atoms with Crippen LogP contribution in [0.25, 0.3) is 0 Å². The van der Waals surface area contributed by atoms with Gasteiger partial charge in [0, 0.05) is 19.0 Å². The van der Waals surface area contributed by atoms with E-state index in [1.807, 2.05) is 12.1 Å². The molecule has 0 aromatic heterocycles. The molecule has 1 aliphatic heterocycles. The topological polar surface area (TPSA) is 67.4 Å².